The third kappa shape index (κ3) is 2.00. The van der Waals surface area contributed by atoms with E-state index >= 15 is 0 Å². The highest BCUT2D eigenvalue weighted by atomic mass is 35.5. The van der Waals surface area contributed by atoms with E-state index in [1.54, 1.807) is 12.1 Å². The zero-order valence-electron chi connectivity index (χ0n) is 7.66. The fourth-order valence-electron chi connectivity index (χ4n) is 1.53. The molecular formula is C10H12ClNO2. The molecule has 0 aromatic heterocycles. The van der Waals surface area contributed by atoms with Crippen LogP contribution in [0.1, 0.15) is 11.6 Å². The summed E-state index contributed by atoms with van der Waals surface area (Å²) in [6.07, 6.45) is 0. The van der Waals surface area contributed by atoms with Gasteiger partial charge in [0.2, 0.25) is 0 Å². The Bertz CT molecular complexity index is 324. The molecule has 1 heterocycles. The zero-order valence-corrected chi connectivity index (χ0v) is 8.42. The second kappa shape index (κ2) is 4.17. The van der Waals surface area contributed by atoms with E-state index in [2.05, 4.69) is 5.32 Å². The lowest BCUT2D eigenvalue weighted by Crippen LogP contribution is -2.34. The third-order valence-electron chi connectivity index (χ3n) is 2.29. The molecule has 0 bridgehead atoms. The van der Waals surface area contributed by atoms with Crippen molar-refractivity contribution in [2.24, 2.45) is 0 Å². The second-order valence-corrected chi connectivity index (χ2v) is 3.70. The molecule has 0 saturated carbocycles. The van der Waals surface area contributed by atoms with E-state index in [4.69, 9.17) is 16.3 Å². The first kappa shape index (κ1) is 9.77. The minimum absolute atomic E-state index is 0.122. The maximum Gasteiger partial charge on any atom is 0.134 e. The monoisotopic (exact) mass is 213 g/mol. The Morgan fingerprint density at radius 2 is 2.36 bits per heavy atom. The van der Waals surface area contributed by atoms with Gasteiger partial charge in [0.15, 0.2) is 0 Å². The Kier molecular flexibility index (Phi) is 2.91. The summed E-state index contributed by atoms with van der Waals surface area (Å²) in [6, 6.07) is 5.43. The van der Waals surface area contributed by atoms with E-state index in [-0.39, 0.29) is 11.8 Å². The lowest BCUT2D eigenvalue weighted by molar-refractivity contribution is 0.0768. The van der Waals surface area contributed by atoms with Gasteiger partial charge in [-0.05, 0) is 17.7 Å². The molecule has 1 aromatic carbocycles. The Morgan fingerprint density at radius 1 is 1.50 bits per heavy atom. The van der Waals surface area contributed by atoms with Gasteiger partial charge in [0.1, 0.15) is 5.75 Å². The van der Waals surface area contributed by atoms with Crippen molar-refractivity contribution < 1.29 is 9.84 Å². The highest BCUT2D eigenvalue weighted by Gasteiger charge is 2.15. The molecule has 1 atom stereocenters. The van der Waals surface area contributed by atoms with Crippen LogP contribution in [-0.2, 0) is 4.74 Å². The van der Waals surface area contributed by atoms with Crippen molar-refractivity contribution in [3.63, 3.8) is 0 Å². The van der Waals surface area contributed by atoms with Crippen LogP contribution in [0.4, 0.5) is 0 Å². The molecule has 1 saturated heterocycles. The number of phenolic OH excluding ortho intramolecular Hbond substituents is 1. The van der Waals surface area contributed by atoms with Crippen LogP contribution < -0.4 is 5.32 Å². The Balaban J connectivity index is 2.18. The SMILES string of the molecule is Oc1cc([C@@H]2COCCN2)ccc1Cl. The molecule has 2 N–H and O–H groups in total. The van der Waals surface area contributed by atoms with E-state index in [0.29, 0.717) is 11.6 Å². The first-order valence-electron chi connectivity index (χ1n) is 4.57. The van der Waals surface area contributed by atoms with Gasteiger partial charge in [-0.1, -0.05) is 17.7 Å². The summed E-state index contributed by atoms with van der Waals surface area (Å²) in [5.41, 5.74) is 1.01. The fraction of sp³-hybridized carbons (Fsp3) is 0.400. The summed E-state index contributed by atoms with van der Waals surface area (Å²) < 4.78 is 5.33. The van der Waals surface area contributed by atoms with Crippen LogP contribution in [0.2, 0.25) is 5.02 Å². The van der Waals surface area contributed by atoms with Gasteiger partial charge >= 0.3 is 0 Å². The van der Waals surface area contributed by atoms with Crippen molar-refractivity contribution in [3.05, 3.63) is 28.8 Å². The summed E-state index contributed by atoms with van der Waals surface area (Å²) >= 11 is 5.72. The average Bonchev–Trinajstić information content (AvgIpc) is 2.23. The Morgan fingerprint density at radius 3 is 3.00 bits per heavy atom. The fourth-order valence-corrected chi connectivity index (χ4v) is 1.64. The molecule has 0 aliphatic carbocycles. The van der Waals surface area contributed by atoms with Gasteiger partial charge in [-0.3, -0.25) is 0 Å². The maximum atomic E-state index is 9.43. The number of halogens is 1. The average molecular weight is 214 g/mol. The van der Waals surface area contributed by atoms with E-state index in [1.165, 1.54) is 0 Å². The topological polar surface area (TPSA) is 41.5 Å². The predicted octanol–water partition coefficient (Wildman–Crippen LogP) is 1.71. The molecule has 0 spiro atoms. The largest absolute Gasteiger partial charge is 0.506 e. The number of nitrogens with one attached hydrogen (secondary N) is 1. The molecule has 76 valence electrons. The lowest BCUT2D eigenvalue weighted by atomic mass is 10.1. The van der Waals surface area contributed by atoms with Gasteiger partial charge in [-0.25, -0.2) is 0 Å². The van der Waals surface area contributed by atoms with E-state index in [0.717, 1.165) is 18.7 Å². The molecule has 14 heavy (non-hydrogen) atoms. The van der Waals surface area contributed by atoms with Crippen molar-refractivity contribution in [3.8, 4) is 5.75 Å². The molecule has 1 aromatic rings. The number of phenols is 1. The second-order valence-electron chi connectivity index (χ2n) is 3.29. The van der Waals surface area contributed by atoms with E-state index < -0.39 is 0 Å². The summed E-state index contributed by atoms with van der Waals surface area (Å²) in [7, 11) is 0. The van der Waals surface area contributed by atoms with Crippen LogP contribution in [-0.4, -0.2) is 24.9 Å². The van der Waals surface area contributed by atoms with Crippen LogP contribution in [0.15, 0.2) is 18.2 Å². The van der Waals surface area contributed by atoms with Crippen molar-refractivity contribution in [2.45, 2.75) is 6.04 Å². The molecule has 1 fully saturated rings. The third-order valence-corrected chi connectivity index (χ3v) is 2.61. The molecule has 0 amide bonds. The standard InChI is InChI=1S/C10H12ClNO2/c11-8-2-1-7(5-10(8)13)9-6-14-4-3-12-9/h1-2,5,9,12-13H,3-4,6H2/t9-/m0/s1. The number of morpholine rings is 1. The maximum absolute atomic E-state index is 9.43. The quantitative estimate of drug-likeness (QED) is 0.746. The number of benzene rings is 1. The number of hydrogen-bond acceptors (Lipinski definition) is 3. The summed E-state index contributed by atoms with van der Waals surface area (Å²) in [4.78, 5) is 0. The minimum Gasteiger partial charge on any atom is -0.506 e. The summed E-state index contributed by atoms with van der Waals surface area (Å²) in [6.45, 7) is 2.23. The van der Waals surface area contributed by atoms with Crippen molar-refractivity contribution in [1.29, 1.82) is 0 Å². The molecule has 4 heteroatoms. The molecular weight excluding hydrogens is 202 g/mol. The van der Waals surface area contributed by atoms with Gasteiger partial charge in [-0.15, -0.1) is 0 Å². The predicted molar refractivity (Wildman–Crippen MR) is 54.7 cm³/mol. The van der Waals surface area contributed by atoms with Gasteiger partial charge in [0.25, 0.3) is 0 Å². The van der Waals surface area contributed by atoms with Crippen molar-refractivity contribution >= 4 is 11.6 Å². The van der Waals surface area contributed by atoms with E-state index in [1.807, 2.05) is 6.07 Å². The summed E-state index contributed by atoms with van der Waals surface area (Å²) in [5, 5.41) is 13.1. The van der Waals surface area contributed by atoms with Crippen LogP contribution in [0.25, 0.3) is 0 Å². The lowest BCUT2D eigenvalue weighted by Gasteiger charge is -2.24. The Hall–Kier alpha value is -0.770. The smallest absolute Gasteiger partial charge is 0.134 e. The highest BCUT2D eigenvalue weighted by molar-refractivity contribution is 6.32. The van der Waals surface area contributed by atoms with Crippen molar-refractivity contribution in [2.75, 3.05) is 19.8 Å². The van der Waals surface area contributed by atoms with Gasteiger partial charge < -0.3 is 15.2 Å². The molecule has 1 aliphatic heterocycles. The van der Waals surface area contributed by atoms with Gasteiger partial charge in [0, 0.05) is 6.54 Å². The van der Waals surface area contributed by atoms with Gasteiger partial charge in [-0.2, -0.15) is 0 Å². The number of aromatic hydroxyl groups is 1. The van der Waals surface area contributed by atoms with Crippen molar-refractivity contribution in [1.82, 2.24) is 5.32 Å². The van der Waals surface area contributed by atoms with Gasteiger partial charge in [0.05, 0.1) is 24.3 Å². The molecule has 2 rings (SSSR count). The van der Waals surface area contributed by atoms with Crippen LogP contribution >= 0.6 is 11.6 Å². The van der Waals surface area contributed by atoms with Crippen LogP contribution in [0, 0.1) is 0 Å². The summed E-state index contributed by atoms with van der Waals surface area (Å²) in [5.74, 6) is 0.122. The molecule has 0 radical (unpaired) electrons. The number of rotatable bonds is 1. The Labute approximate surface area is 87.6 Å². The van der Waals surface area contributed by atoms with Crippen LogP contribution in [0.5, 0.6) is 5.75 Å². The first-order chi connectivity index (χ1) is 6.77. The first-order valence-corrected chi connectivity index (χ1v) is 4.95. The molecule has 3 nitrogen and oxygen atoms in total. The van der Waals surface area contributed by atoms with E-state index in [9.17, 15) is 5.11 Å². The highest BCUT2D eigenvalue weighted by Crippen LogP contribution is 2.27. The zero-order chi connectivity index (χ0) is 9.97. The normalized spacial score (nSPS) is 22.2. The number of hydrogen-bond donors (Lipinski definition) is 2. The minimum atomic E-state index is 0.122. The molecule has 1 aliphatic rings. The van der Waals surface area contributed by atoms with Crippen LogP contribution in [0.3, 0.4) is 0 Å². The molecule has 0 unspecified atom stereocenters. The number of ether oxygens (including phenoxy) is 1.